The van der Waals surface area contributed by atoms with E-state index >= 15 is 0 Å². The van der Waals surface area contributed by atoms with Crippen LogP contribution >= 0.6 is 11.8 Å². The van der Waals surface area contributed by atoms with Crippen molar-refractivity contribution in [2.75, 3.05) is 19.4 Å². The van der Waals surface area contributed by atoms with Gasteiger partial charge in [0.25, 0.3) is 0 Å². The fourth-order valence-corrected chi connectivity index (χ4v) is 3.21. The van der Waals surface area contributed by atoms with Crippen molar-refractivity contribution >= 4 is 40.9 Å². The molecule has 1 aromatic heterocycles. The molecule has 0 aromatic carbocycles. The number of unbranched alkanes of at least 4 members (excludes halogenated alkanes) is 1. The number of nitrogens with zero attached hydrogens (tertiary/aromatic N) is 1. The number of aromatic nitrogens is 2. The molecule has 0 radical (unpaired) electrons. The van der Waals surface area contributed by atoms with Gasteiger partial charge in [-0.3, -0.25) is 9.59 Å². The molecule has 0 saturated heterocycles. The van der Waals surface area contributed by atoms with E-state index in [4.69, 9.17) is 4.74 Å². The van der Waals surface area contributed by atoms with Crippen molar-refractivity contribution in [1.29, 1.82) is 0 Å². The third-order valence-corrected chi connectivity index (χ3v) is 5.13. The number of imidazole rings is 1. The van der Waals surface area contributed by atoms with Crippen LogP contribution in [0.1, 0.15) is 45.7 Å². The molecule has 0 aliphatic rings. The number of carboxylic acids is 1. The molecule has 3 amide bonds. The summed E-state index contributed by atoms with van der Waals surface area (Å²) in [5.41, 5.74) is -0.114. The second kappa shape index (κ2) is 14.9. The molecule has 1 aromatic rings. The Kier molecular flexibility index (Phi) is 12.6. The second-order valence-corrected chi connectivity index (χ2v) is 9.38. The van der Waals surface area contributed by atoms with Crippen LogP contribution in [0.2, 0.25) is 0 Å². The number of aliphatic carboxylic acids is 1. The van der Waals surface area contributed by atoms with Crippen molar-refractivity contribution in [1.82, 2.24) is 25.9 Å². The van der Waals surface area contributed by atoms with Gasteiger partial charge in [0.2, 0.25) is 11.8 Å². The van der Waals surface area contributed by atoms with Crippen LogP contribution in [0.4, 0.5) is 9.59 Å². The summed E-state index contributed by atoms with van der Waals surface area (Å²) in [7, 11) is 1.18. The van der Waals surface area contributed by atoms with Gasteiger partial charge in [-0.25, -0.2) is 19.4 Å². The van der Waals surface area contributed by atoms with Gasteiger partial charge in [-0.1, -0.05) is 0 Å². The van der Waals surface area contributed by atoms with Gasteiger partial charge in [-0.15, -0.1) is 0 Å². The summed E-state index contributed by atoms with van der Waals surface area (Å²) in [5, 5.41) is 16.4. The average molecular weight is 516 g/mol. The van der Waals surface area contributed by atoms with Crippen LogP contribution in [-0.4, -0.2) is 81.3 Å². The van der Waals surface area contributed by atoms with Crippen LogP contribution in [0.15, 0.2) is 12.5 Å². The summed E-state index contributed by atoms with van der Waals surface area (Å²) in [5.74, 6) is -2.80. The molecule has 0 spiro atoms. The highest BCUT2D eigenvalue weighted by Crippen LogP contribution is 2.08. The first kappa shape index (κ1) is 29.7. The topological polar surface area (TPSA) is 189 Å². The molecule has 0 fully saturated rings. The van der Waals surface area contributed by atoms with E-state index in [1.54, 1.807) is 20.8 Å². The zero-order valence-corrected chi connectivity index (χ0v) is 21.0. The Morgan fingerprint density at radius 3 is 2.43 bits per heavy atom. The Morgan fingerprint density at radius 1 is 1.14 bits per heavy atom. The van der Waals surface area contributed by atoms with E-state index in [0.29, 0.717) is 30.3 Å². The molecule has 0 saturated carbocycles. The fraction of sp³-hybridized carbons (Fsp3) is 0.619. The standard InChI is InChI=1S/C21H33N5O8S/c1-21(2,3)34-19(31)23-8-6-5-7-14(25-16(27)11-35-20(32)33-4)17(28)26-15(18(29)30)9-13-10-22-12-24-13/h10,12,14-15H,5-9,11H2,1-4H3,(H,22,24)(H,23,31)(H,25,27)(H,26,28)(H,29,30). The van der Waals surface area contributed by atoms with Crippen molar-refractivity contribution in [3.05, 3.63) is 18.2 Å². The number of carbonyl (C=O) groups excluding carboxylic acids is 4. The lowest BCUT2D eigenvalue weighted by atomic mass is 10.1. The lowest BCUT2D eigenvalue weighted by Gasteiger charge is -2.21. The molecule has 0 aliphatic heterocycles. The number of hydrogen-bond acceptors (Lipinski definition) is 9. The minimum absolute atomic E-state index is 0.0280. The minimum atomic E-state index is -1.25. The van der Waals surface area contributed by atoms with Crippen molar-refractivity contribution in [3.8, 4) is 0 Å². The third-order valence-electron chi connectivity index (χ3n) is 4.32. The van der Waals surface area contributed by atoms with Gasteiger partial charge in [0.1, 0.15) is 17.7 Å². The minimum Gasteiger partial charge on any atom is -0.480 e. The maximum absolute atomic E-state index is 12.8. The maximum atomic E-state index is 12.8. The summed E-state index contributed by atoms with van der Waals surface area (Å²) < 4.78 is 9.62. The maximum Gasteiger partial charge on any atom is 0.407 e. The summed E-state index contributed by atoms with van der Waals surface area (Å²) in [6.07, 6.45) is 3.32. The molecule has 1 rings (SSSR count). The highest BCUT2D eigenvalue weighted by atomic mass is 32.2. The van der Waals surface area contributed by atoms with Crippen LogP contribution in [0.3, 0.4) is 0 Å². The summed E-state index contributed by atoms with van der Waals surface area (Å²) in [6, 6.07) is -2.30. The number of carbonyl (C=O) groups is 5. The number of rotatable bonds is 13. The number of alkyl carbamates (subject to hydrolysis) is 1. The molecule has 2 unspecified atom stereocenters. The first-order valence-electron chi connectivity index (χ1n) is 10.9. The molecule has 0 bridgehead atoms. The largest absolute Gasteiger partial charge is 0.480 e. The quantitative estimate of drug-likeness (QED) is 0.188. The zero-order valence-electron chi connectivity index (χ0n) is 20.2. The number of amides is 3. The molecule has 5 N–H and O–H groups in total. The lowest BCUT2D eigenvalue weighted by molar-refractivity contribution is -0.142. The highest BCUT2D eigenvalue weighted by molar-refractivity contribution is 8.13. The van der Waals surface area contributed by atoms with Crippen molar-refractivity contribution in [3.63, 3.8) is 0 Å². The predicted molar refractivity (Wildman–Crippen MR) is 127 cm³/mol. The van der Waals surface area contributed by atoms with E-state index in [9.17, 15) is 29.1 Å². The van der Waals surface area contributed by atoms with E-state index in [-0.39, 0.29) is 25.1 Å². The SMILES string of the molecule is COC(=O)SCC(=O)NC(CCCCNC(=O)OC(C)(C)C)C(=O)NC(Cc1cnc[nH]1)C(=O)O. The van der Waals surface area contributed by atoms with Crippen molar-refractivity contribution < 1.29 is 38.6 Å². The Labute approximate surface area is 207 Å². The van der Waals surface area contributed by atoms with Crippen LogP contribution in [-0.2, 0) is 30.3 Å². The number of methoxy groups -OCH3 is 1. The van der Waals surface area contributed by atoms with Gasteiger partial charge in [-0.2, -0.15) is 0 Å². The van der Waals surface area contributed by atoms with Crippen molar-refractivity contribution in [2.45, 2.75) is 64.1 Å². The number of carboxylic acid groups (broad SMARTS) is 1. The molecule has 14 heteroatoms. The predicted octanol–water partition coefficient (Wildman–Crippen LogP) is 1.20. The third kappa shape index (κ3) is 13.2. The number of aromatic amines is 1. The van der Waals surface area contributed by atoms with E-state index < -0.39 is 46.9 Å². The normalized spacial score (nSPS) is 12.7. The molecular weight excluding hydrogens is 482 g/mol. The summed E-state index contributed by atoms with van der Waals surface area (Å²) in [4.78, 5) is 66.3. The second-order valence-electron chi connectivity index (χ2n) is 8.47. The number of H-pyrrole nitrogens is 1. The van der Waals surface area contributed by atoms with Gasteiger partial charge in [0.15, 0.2) is 0 Å². The summed E-state index contributed by atoms with van der Waals surface area (Å²) >= 11 is 0.628. The van der Waals surface area contributed by atoms with E-state index in [1.807, 2.05) is 0 Å². The molecule has 0 aliphatic carbocycles. The zero-order chi connectivity index (χ0) is 26.4. The van der Waals surface area contributed by atoms with Gasteiger partial charge >= 0.3 is 17.4 Å². The van der Waals surface area contributed by atoms with Gasteiger partial charge in [0.05, 0.1) is 19.2 Å². The van der Waals surface area contributed by atoms with Crippen molar-refractivity contribution in [2.24, 2.45) is 0 Å². The summed E-state index contributed by atoms with van der Waals surface area (Å²) in [6.45, 7) is 5.52. The Balaban J connectivity index is 2.69. The van der Waals surface area contributed by atoms with Crippen LogP contribution in [0.25, 0.3) is 0 Å². The Morgan fingerprint density at radius 2 is 1.86 bits per heavy atom. The van der Waals surface area contributed by atoms with E-state index in [2.05, 4.69) is 30.7 Å². The highest BCUT2D eigenvalue weighted by Gasteiger charge is 2.27. The van der Waals surface area contributed by atoms with Gasteiger partial charge in [-0.05, 0) is 51.8 Å². The first-order valence-corrected chi connectivity index (χ1v) is 11.9. The van der Waals surface area contributed by atoms with E-state index in [1.165, 1.54) is 19.6 Å². The fourth-order valence-electron chi connectivity index (χ4n) is 2.75. The lowest BCUT2D eigenvalue weighted by Crippen LogP contribution is -2.52. The molecule has 1 heterocycles. The first-order chi connectivity index (χ1) is 16.4. The molecule has 2 atom stereocenters. The molecule has 35 heavy (non-hydrogen) atoms. The number of nitrogens with one attached hydrogen (secondary N) is 4. The Hall–Kier alpha value is -3.29. The molecule has 13 nitrogen and oxygen atoms in total. The monoisotopic (exact) mass is 515 g/mol. The number of ether oxygens (including phenoxy) is 2. The van der Waals surface area contributed by atoms with Gasteiger partial charge < -0.3 is 35.5 Å². The average Bonchev–Trinajstić information content (AvgIpc) is 3.27. The van der Waals surface area contributed by atoms with Crippen LogP contribution in [0, 0.1) is 0 Å². The smallest absolute Gasteiger partial charge is 0.407 e. The molecule has 196 valence electrons. The number of hydrogen-bond donors (Lipinski definition) is 5. The number of thioether (sulfide) groups is 1. The van der Waals surface area contributed by atoms with Crippen LogP contribution < -0.4 is 16.0 Å². The van der Waals surface area contributed by atoms with Crippen LogP contribution in [0.5, 0.6) is 0 Å². The van der Waals surface area contributed by atoms with E-state index in [0.717, 1.165) is 0 Å². The Bertz CT molecular complexity index is 856. The van der Waals surface area contributed by atoms with Gasteiger partial charge in [0, 0.05) is 24.9 Å². The molecular formula is C21H33N5O8S.